The van der Waals surface area contributed by atoms with E-state index >= 15 is 13.2 Å². The number of carbonyl (C=O) groups excluding carboxylic acids is 1. The summed E-state index contributed by atoms with van der Waals surface area (Å²) < 4.78 is 101. The van der Waals surface area contributed by atoms with Crippen LogP contribution in [0.2, 0.25) is 0 Å². The molecule has 2 aromatic rings. The summed E-state index contributed by atoms with van der Waals surface area (Å²) in [5.41, 5.74) is -2.73. The monoisotopic (exact) mass is 544 g/mol. The zero-order valence-electron chi connectivity index (χ0n) is 19.6. The van der Waals surface area contributed by atoms with Crippen molar-refractivity contribution in [2.24, 2.45) is 0 Å². The lowest BCUT2D eigenvalue weighted by Gasteiger charge is -2.40. The van der Waals surface area contributed by atoms with Gasteiger partial charge in [-0.1, -0.05) is 30.3 Å². The first-order valence-corrected chi connectivity index (χ1v) is 13.5. The summed E-state index contributed by atoms with van der Waals surface area (Å²) in [5.74, 6) is -8.17. The lowest BCUT2D eigenvalue weighted by atomic mass is 9.79. The second-order valence-corrected chi connectivity index (χ2v) is 12.1. The van der Waals surface area contributed by atoms with Crippen LogP contribution in [0, 0.1) is 17.5 Å². The number of carbonyl (C=O) groups is 1. The Bertz CT molecular complexity index is 1340. The Morgan fingerprint density at radius 1 is 1.03 bits per heavy atom. The van der Waals surface area contributed by atoms with Crippen molar-refractivity contribution in [3.63, 3.8) is 0 Å². The van der Waals surface area contributed by atoms with Crippen LogP contribution < -0.4 is 4.72 Å². The molecule has 200 valence electrons. The van der Waals surface area contributed by atoms with Crippen LogP contribution in [0.1, 0.15) is 37.7 Å². The fourth-order valence-electron chi connectivity index (χ4n) is 5.05. The number of sulfonamides is 1. The molecule has 0 unspecified atom stereocenters. The minimum absolute atomic E-state index is 0.0712. The van der Waals surface area contributed by atoms with Gasteiger partial charge in [0.25, 0.3) is 11.8 Å². The summed E-state index contributed by atoms with van der Waals surface area (Å²) in [7, 11) is -4.13. The number of alkyl halides is 2. The molecule has 0 bridgehead atoms. The van der Waals surface area contributed by atoms with E-state index in [2.05, 4.69) is 0 Å². The van der Waals surface area contributed by atoms with Gasteiger partial charge in [0, 0.05) is 11.1 Å². The molecule has 0 spiro atoms. The minimum atomic E-state index is -4.13. The molecule has 2 saturated carbocycles. The number of halogens is 5. The third kappa shape index (κ3) is 4.63. The molecular formula is C25H25F5N2O4S. The number of benzene rings is 2. The quantitative estimate of drug-likeness (QED) is 0.523. The Morgan fingerprint density at radius 3 is 2.24 bits per heavy atom. The molecule has 1 amide bonds. The van der Waals surface area contributed by atoms with Crippen LogP contribution in [0.15, 0.2) is 36.4 Å². The summed E-state index contributed by atoms with van der Waals surface area (Å²) in [4.78, 5) is 13.9. The van der Waals surface area contributed by atoms with E-state index in [-0.39, 0.29) is 29.5 Å². The molecule has 1 aliphatic heterocycles. The third-order valence-electron chi connectivity index (χ3n) is 7.46. The predicted octanol–water partition coefficient (Wildman–Crippen LogP) is 3.52. The van der Waals surface area contributed by atoms with Crippen LogP contribution in [0.5, 0.6) is 0 Å². The smallest absolute Gasteiger partial charge is 0.283 e. The Kier molecular flexibility index (Phi) is 6.35. The average Bonchev–Trinajstić information content (AvgIpc) is 3.64. The van der Waals surface area contributed by atoms with Crippen molar-refractivity contribution in [3.8, 4) is 11.1 Å². The molecule has 2 N–H and O–H groups in total. The molecule has 5 rings (SSSR count). The van der Waals surface area contributed by atoms with Crippen molar-refractivity contribution in [2.45, 2.75) is 67.4 Å². The van der Waals surface area contributed by atoms with E-state index in [0.29, 0.717) is 19.3 Å². The zero-order chi connectivity index (χ0) is 26.8. The number of amides is 1. The van der Waals surface area contributed by atoms with Crippen molar-refractivity contribution in [1.82, 2.24) is 9.62 Å². The Balaban J connectivity index is 1.54. The fraction of sp³-hybridized carbons (Fsp3) is 0.480. The van der Waals surface area contributed by atoms with Crippen LogP contribution in [0.3, 0.4) is 0 Å². The van der Waals surface area contributed by atoms with Crippen molar-refractivity contribution in [3.05, 3.63) is 59.4 Å². The molecule has 2 aromatic carbocycles. The van der Waals surface area contributed by atoms with Crippen molar-refractivity contribution < 1.29 is 40.3 Å². The molecular weight excluding hydrogens is 519 g/mol. The van der Waals surface area contributed by atoms with Crippen LogP contribution in [-0.4, -0.2) is 59.7 Å². The third-order valence-corrected chi connectivity index (χ3v) is 9.40. The topological polar surface area (TPSA) is 86.7 Å². The van der Waals surface area contributed by atoms with E-state index in [0.717, 1.165) is 11.0 Å². The largest absolute Gasteiger partial charge is 0.380 e. The molecule has 0 radical (unpaired) electrons. The molecule has 3 fully saturated rings. The van der Waals surface area contributed by atoms with Gasteiger partial charge < -0.3 is 10.0 Å². The highest BCUT2D eigenvalue weighted by Gasteiger charge is 2.60. The van der Waals surface area contributed by atoms with Crippen LogP contribution in [0.25, 0.3) is 11.1 Å². The Hall–Kier alpha value is -2.57. The van der Waals surface area contributed by atoms with Crippen molar-refractivity contribution in [2.75, 3.05) is 6.54 Å². The van der Waals surface area contributed by atoms with Gasteiger partial charge in [-0.3, -0.25) is 4.79 Å². The van der Waals surface area contributed by atoms with Gasteiger partial charge >= 0.3 is 0 Å². The number of rotatable bonds is 7. The molecule has 37 heavy (non-hydrogen) atoms. The summed E-state index contributed by atoms with van der Waals surface area (Å²) in [6.45, 7) is -1.16. The minimum Gasteiger partial charge on any atom is -0.380 e. The predicted molar refractivity (Wildman–Crippen MR) is 124 cm³/mol. The van der Waals surface area contributed by atoms with Crippen LogP contribution >= 0.6 is 0 Å². The molecule has 6 nitrogen and oxygen atoms in total. The lowest BCUT2D eigenvalue weighted by molar-refractivity contribution is -0.162. The van der Waals surface area contributed by atoms with Crippen LogP contribution in [0.4, 0.5) is 22.0 Å². The number of likely N-dealkylation sites (tertiary alicyclic amines) is 1. The van der Waals surface area contributed by atoms with Gasteiger partial charge in [-0.2, -0.15) is 0 Å². The van der Waals surface area contributed by atoms with E-state index in [1.165, 1.54) is 30.3 Å². The fourth-order valence-corrected chi connectivity index (χ4v) is 6.68. The maximum absolute atomic E-state index is 15.6. The SMILES string of the molecule is O=C(N1CC(F)(F)[C@H](NS(=O)(=O)C2CC2)[C@@H]1Cc1cccc(-c2cccc(F)c2F)c1F)C1(O)CCC1. The molecule has 2 aliphatic carbocycles. The molecule has 1 saturated heterocycles. The number of aliphatic hydroxyl groups is 1. The summed E-state index contributed by atoms with van der Waals surface area (Å²) >= 11 is 0. The van der Waals surface area contributed by atoms with E-state index in [1.54, 1.807) is 0 Å². The summed E-state index contributed by atoms with van der Waals surface area (Å²) in [5, 5.41) is 9.77. The highest BCUT2D eigenvalue weighted by Crippen LogP contribution is 2.42. The number of nitrogens with zero attached hydrogens (tertiary/aromatic N) is 1. The summed E-state index contributed by atoms with van der Waals surface area (Å²) in [6, 6.07) is 3.40. The molecule has 2 atom stereocenters. The van der Waals surface area contributed by atoms with Gasteiger partial charge in [-0.25, -0.2) is 35.1 Å². The van der Waals surface area contributed by atoms with E-state index in [9.17, 15) is 27.1 Å². The maximum atomic E-state index is 15.6. The second kappa shape index (κ2) is 9.02. The Labute approximate surface area is 210 Å². The van der Waals surface area contributed by atoms with Crippen molar-refractivity contribution in [1.29, 1.82) is 0 Å². The van der Waals surface area contributed by atoms with Crippen molar-refractivity contribution >= 4 is 15.9 Å². The number of nitrogens with one attached hydrogen (secondary N) is 1. The standard InChI is InChI=1S/C25H25F5N2O4S/c26-18-7-2-6-17(21(18)28)16-5-1-4-14(20(16)27)12-19-22(31-37(35,36)15-8-9-15)25(29,30)13-32(19)23(33)24(34)10-3-11-24/h1-2,4-7,15,19,22,31,34H,3,8-13H2/t19-,22+/m0/s1. The van der Waals surface area contributed by atoms with Gasteiger partial charge in [-0.05, 0) is 50.2 Å². The van der Waals surface area contributed by atoms with Gasteiger partial charge in [-0.15, -0.1) is 0 Å². The normalized spacial score (nSPS) is 24.6. The first-order chi connectivity index (χ1) is 17.3. The lowest BCUT2D eigenvalue weighted by Crippen LogP contribution is -2.57. The van der Waals surface area contributed by atoms with E-state index in [4.69, 9.17) is 0 Å². The van der Waals surface area contributed by atoms with Crippen LogP contribution in [-0.2, 0) is 21.2 Å². The number of hydrogen-bond donors (Lipinski definition) is 2. The highest BCUT2D eigenvalue weighted by atomic mass is 32.2. The first-order valence-electron chi connectivity index (χ1n) is 12.0. The van der Waals surface area contributed by atoms with E-state index < -0.39 is 75.2 Å². The van der Waals surface area contributed by atoms with Gasteiger partial charge in [0.1, 0.15) is 17.5 Å². The van der Waals surface area contributed by atoms with Gasteiger partial charge in [0.2, 0.25) is 10.0 Å². The zero-order valence-corrected chi connectivity index (χ0v) is 20.4. The molecule has 3 aliphatic rings. The molecule has 1 heterocycles. The maximum Gasteiger partial charge on any atom is 0.283 e. The second-order valence-electron chi connectivity index (χ2n) is 10.1. The summed E-state index contributed by atoms with van der Waals surface area (Å²) in [6.07, 6.45) is 0.743. The molecule has 12 heteroatoms. The molecule has 0 aromatic heterocycles. The highest BCUT2D eigenvalue weighted by molar-refractivity contribution is 7.90. The Morgan fingerprint density at radius 2 is 1.65 bits per heavy atom. The average molecular weight is 545 g/mol. The first kappa shape index (κ1) is 26.1. The number of hydrogen-bond acceptors (Lipinski definition) is 4. The van der Waals surface area contributed by atoms with Gasteiger partial charge in [0.15, 0.2) is 11.6 Å². The van der Waals surface area contributed by atoms with E-state index in [1.807, 2.05) is 4.72 Å². The van der Waals surface area contributed by atoms with Gasteiger partial charge in [0.05, 0.1) is 17.8 Å².